The second-order valence-corrected chi connectivity index (χ2v) is 6.75. The van der Waals surface area contributed by atoms with Crippen molar-refractivity contribution in [3.63, 3.8) is 0 Å². The van der Waals surface area contributed by atoms with Crippen LogP contribution in [-0.4, -0.2) is 34.4 Å². The summed E-state index contributed by atoms with van der Waals surface area (Å²) in [6, 6.07) is 15.0. The molecule has 0 saturated carbocycles. The van der Waals surface area contributed by atoms with E-state index in [1.165, 1.54) is 0 Å². The molecule has 6 nitrogen and oxygen atoms in total. The monoisotopic (exact) mass is 414 g/mol. The molecule has 0 spiro atoms. The molecule has 3 aromatic rings. The average molecular weight is 415 g/mol. The lowest BCUT2D eigenvalue weighted by atomic mass is 10.1. The number of carbonyl (C=O) groups excluding carboxylic acids is 2. The van der Waals surface area contributed by atoms with Crippen LogP contribution in [0.15, 0.2) is 54.7 Å². The molecule has 3 N–H and O–H groups in total. The predicted octanol–water partition coefficient (Wildman–Crippen LogP) is 3.69. The number of hydrogen-bond acceptors (Lipinski definition) is 3. The van der Waals surface area contributed by atoms with E-state index in [0.717, 1.165) is 22.2 Å². The highest BCUT2D eigenvalue weighted by atomic mass is 35.5. The molecule has 0 saturated heterocycles. The van der Waals surface area contributed by atoms with E-state index in [9.17, 15) is 9.59 Å². The van der Waals surface area contributed by atoms with E-state index in [0.29, 0.717) is 25.3 Å². The molecule has 0 fully saturated rings. The number of nitrogens with two attached hydrogens (primary N) is 1. The maximum Gasteiger partial charge on any atom is 0.242 e. The summed E-state index contributed by atoms with van der Waals surface area (Å²) in [7, 11) is 0. The molecular formula is C22H27ClN4O2. The molecule has 7 heteroatoms. The van der Waals surface area contributed by atoms with E-state index < -0.39 is 0 Å². The Hall–Kier alpha value is -2.99. The average Bonchev–Trinajstić information content (AvgIpc) is 3.06. The number of nitrogen functional groups attached to an aromatic ring is 1. The smallest absolute Gasteiger partial charge is 0.242 e. The third-order valence-corrected chi connectivity index (χ3v) is 4.82. The summed E-state index contributed by atoms with van der Waals surface area (Å²) in [4.78, 5) is 26.5. The van der Waals surface area contributed by atoms with E-state index in [-0.39, 0.29) is 30.6 Å². The van der Waals surface area contributed by atoms with Crippen molar-refractivity contribution in [2.24, 2.45) is 0 Å². The van der Waals surface area contributed by atoms with Crippen LogP contribution in [0.4, 0.5) is 11.4 Å². The number of hydrogen-bond donors (Lipinski definition) is 2. The van der Waals surface area contributed by atoms with Crippen LogP contribution < -0.4 is 11.1 Å². The van der Waals surface area contributed by atoms with Crippen molar-refractivity contribution in [2.75, 3.05) is 24.1 Å². The Morgan fingerprint density at radius 1 is 1.03 bits per heavy atom. The van der Waals surface area contributed by atoms with Gasteiger partial charge < -0.3 is 20.5 Å². The summed E-state index contributed by atoms with van der Waals surface area (Å²) in [6.45, 7) is 5.69. The molecule has 3 rings (SSSR count). The van der Waals surface area contributed by atoms with E-state index in [4.69, 9.17) is 5.73 Å². The van der Waals surface area contributed by atoms with Gasteiger partial charge in [-0.15, -0.1) is 12.4 Å². The summed E-state index contributed by atoms with van der Waals surface area (Å²) in [5.74, 6) is 0.0173. The molecule has 1 heterocycles. The summed E-state index contributed by atoms with van der Waals surface area (Å²) >= 11 is 0. The molecule has 1 aromatic heterocycles. The zero-order valence-corrected chi connectivity index (χ0v) is 17.5. The Morgan fingerprint density at radius 3 is 2.38 bits per heavy atom. The maximum atomic E-state index is 12.4. The fourth-order valence-corrected chi connectivity index (χ4v) is 3.26. The van der Waals surface area contributed by atoms with Crippen molar-refractivity contribution >= 4 is 46.5 Å². The first-order valence-electron chi connectivity index (χ1n) is 9.51. The Morgan fingerprint density at radius 2 is 1.72 bits per heavy atom. The molecule has 154 valence electrons. The van der Waals surface area contributed by atoms with Gasteiger partial charge in [0.25, 0.3) is 0 Å². The molecule has 0 aliphatic heterocycles. The maximum absolute atomic E-state index is 12.4. The topological polar surface area (TPSA) is 80.4 Å². The molecule has 0 aliphatic carbocycles. The number of nitrogens with one attached hydrogen (secondary N) is 1. The lowest BCUT2D eigenvalue weighted by molar-refractivity contribution is -0.131. The van der Waals surface area contributed by atoms with Crippen molar-refractivity contribution in [1.29, 1.82) is 0 Å². The standard InChI is InChI=1S/C22H26N4O2.ClH/c1-3-25(4-2)22(28)15-26-12-11-17-14-19(9-10-20(17)26)24-21(27)13-16-5-7-18(23)8-6-16;/h5-12,14H,3-4,13,15,23H2,1-2H3,(H,24,27);1H. The van der Waals surface area contributed by atoms with E-state index in [2.05, 4.69) is 5.32 Å². The molecule has 0 unspecified atom stereocenters. The zero-order valence-electron chi connectivity index (χ0n) is 16.7. The first-order chi connectivity index (χ1) is 13.5. The fourth-order valence-electron chi connectivity index (χ4n) is 3.26. The van der Waals surface area contributed by atoms with E-state index in [1.807, 2.05) is 65.9 Å². The SMILES string of the molecule is CCN(CC)C(=O)Cn1ccc2cc(NC(=O)Cc3ccc(N)cc3)ccc21.Cl. The number of fused-ring (bicyclic) bond motifs is 1. The number of aromatic nitrogens is 1. The molecular weight excluding hydrogens is 388 g/mol. The van der Waals surface area contributed by atoms with Gasteiger partial charge in [-0.2, -0.15) is 0 Å². The van der Waals surface area contributed by atoms with Crippen molar-refractivity contribution in [3.8, 4) is 0 Å². The largest absolute Gasteiger partial charge is 0.399 e. The van der Waals surface area contributed by atoms with Crippen LogP contribution in [0.5, 0.6) is 0 Å². The molecule has 2 aromatic carbocycles. The zero-order chi connectivity index (χ0) is 20.1. The number of anilines is 2. The van der Waals surface area contributed by atoms with Gasteiger partial charge in [0.1, 0.15) is 6.54 Å². The van der Waals surface area contributed by atoms with Crippen LogP contribution >= 0.6 is 12.4 Å². The van der Waals surface area contributed by atoms with Crippen LogP contribution in [0, 0.1) is 0 Å². The number of benzene rings is 2. The van der Waals surface area contributed by atoms with Gasteiger partial charge in [0, 0.05) is 41.6 Å². The second-order valence-electron chi connectivity index (χ2n) is 6.75. The highest BCUT2D eigenvalue weighted by molar-refractivity contribution is 5.95. The Bertz CT molecular complexity index is 978. The fraction of sp³-hybridized carbons (Fsp3) is 0.273. The Balaban J connectivity index is 0.00000300. The van der Waals surface area contributed by atoms with Gasteiger partial charge in [-0.05, 0) is 55.8 Å². The number of nitrogens with zero attached hydrogens (tertiary/aromatic N) is 2. The minimum atomic E-state index is -0.0831. The van der Waals surface area contributed by atoms with Crippen LogP contribution in [0.2, 0.25) is 0 Å². The number of rotatable bonds is 7. The summed E-state index contributed by atoms with van der Waals surface area (Å²) in [5.41, 5.74) is 8.97. The van der Waals surface area contributed by atoms with Crippen molar-refractivity contribution in [2.45, 2.75) is 26.8 Å². The molecule has 0 atom stereocenters. The Kier molecular flexibility index (Phi) is 7.67. The van der Waals surface area contributed by atoms with E-state index >= 15 is 0 Å². The van der Waals surface area contributed by atoms with Gasteiger partial charge in [-0.25, -0.2) is 0 Å². The van der Waals surface area contributed by atoms with Gasteiger partial charge in [0.2, 0.25) is 11.8 Å². The summed E-state index contributed by atoms with van der Waals surface area (Å²) in [6.07, 6.45) is 2.20. The lowest BCUT2D eigenvalue weighted by Crippen LogP contribution is -2.33. The highest BCUT2D eigenvalue weighted by Crippen LogP contribution is 2.21. The summed E-state index contributed by atoms with van der Waals surface area (Å²) in [5, 5.41) is 3.91. The van der Waals surface area contributed by atoms with Gasteiger partial charge in [-0.1, -0.05) is 12.1 Å². The normalized spacial score (nSPS) is 10.4. The molecule has 0 radical (unpaired) electrons. The number of likely N-dealkylation sites (N-methyl/N-ethyl adjacent to an activating group) is 1. The van der Waals surface area contributed by atoms with Crippen LogP contribution in [0.1, 0.15) is 19.4 Å². The van der Waals surface area contributed by atoms with Gasteiger partial charge in [0.15, 0.2) is 0 Å². The van der Waals surface area contributed by atoms with Crippen LogP contribution in [0.3, 0.4) is 0 Å². The lowest BCUT2D eigenvalue weighted by Gasteiger charge is -2.19. The van der Waals surface area contributed by atoms with Crippen LogP contribution in [0.25, 0.3) is 10.9 Å². The number of halogens is 1. The van der Waals surface area contributed by atoms with Gasteiger partial charge >= 0.3 is 0 Å². The quantitative estimate of drug-likeness (QED) is 0.578. The third kappa shape index (κ3) is 5.51. The minimum absolute atomic E-state index is 0. The van der Waals surface area contributed by atoms with Gasteiger partial charge in [0.05, 0.1) is 6.42 Å². The minimum Gasteiger partial charge on any atom is -0.399 e. The first-order valence-corrected chi connectivity index (χ1v) is 9.51. The highest BCUT2D eigenvalue weighted by Gasteiger charge is 2.12. The first kappa shape index (κ1) is 22.3. The van der Waals surface area contributed by atoms with E-state index in [1.54, 1.807) is 12.1 Å². The third-order valence-electron chi connectivity index (χ3n) is 4.82. The van der Waals surface area contributed by atoms with Gasteiger partial charge in [-0.3, -0.25) is 9.59 Å². The van der Waals surface area contributed by atoms with Crippen molar-refractivity contribution < 1.29 is 9.59 Å². The number of carbonyl (C=O) groups is 2. The molecule has 29 heavy (non-hydrogen) atoms. The van der Waals surface area contributed by atoms with Crippen molar-refractivity contribution in [3.05, 3.63) is 60.3 Å². The Labute approximate surface area is 177 Å². The molecule has 2 amide bonds. The van der Waals surface area contributed by atoms with Crippen LogP contribution in [-0.2, 0) is 22.6 Å². The molecule has 0 bridgehead atoms. The predicted molar refractivity (Wildman–Crippen MR) is 120 cm³/mol. The summed E-state index contributed by atoms with van der Waals surface area (Å²) < 4.78 is 1.94. The second kappa shape index (κ2) is 9.98. The van der Waals surface area contributed by atoms with Crippen molar-refractivity contribution in [1.82, 2.24) is 9.47 Å². The number of amides is 2. The molecule has 0 aliphatic rings.